The van der Waals surface area contributed by atoms with E-state index in [0.717, 1.165) is 23.9 Å². The van der Waals surface area contributed by atoms with Crippen LogP contribution in [0.25, 0.3) is 10.9 Å². The summed E-state index contributed by atoms with van der Waals surface area (Å²) in [6.45, 7) is 6.16. The molecule has 1 aliphatic carbocycles. The van der Waals surface area contributed by atoms with Crippen molar-refractivity contribution in [2.24, 2.45) is 5.41 Å². The third-order valence-corrected chi connectivity index (χ3v) is 4.78. The van der Waals surface area contributed by atoms with E-state index in [-0.39, 0.29) is 23.1 Å². The summed E-state index contributed by atoms with van der Waals surface area (Å²) in [7, 11) is 0. The molecule has 0 atom stereocenters. The molecule has 1 amide bonds. The molecule has 0 spiro atoms. The van der Waals surface area contributed by atoms with Crippen molar-refractivity contribution < 1.29 is 9.18 Å². The highest BCUT2D eigenvalue weighted by molar-refractivity contribution is 6.32. The van der Waals surface area contributed by atoms with Crippen LogP contribution in [0.4, 0.5) is 4.39 Å². The minimum absolute atomic E-state index is 0.0122. The number of carbonyl (C=O) groups excluding carboxylic acids is 1. The van der Waals surface area contributed by atoms with Crippen LogP contribution >= 0.6 is 11.6 Å². The van der Waals surface area contributed by atoms with Gasteiger partial charge in [-0.15, -0.1) is 0 Å². The van der Waals surface area contributed by atoms with Gasteiger partial charge in [0.15, 0.2) is 5.82 Å². The number of benzene rings is 1. The fraction of sp³-hybridized carbons (Fsp3) is 0.471. The summed E-state index contributed by atoms with van der Waals surface area (Å²) in [5.74, 6) is -0.227. The number of fused-ring (bicyclic) bond motifs is 1. The van der Waals surface area contributed by atoms with Gasteiger partial charge >= 0.3 is 0 Å². The first-order chi connectivity index (χ1) is 10.3. The molecule has 0 aliphatic heterocycles. The molecule has 0 unspecified atom stereocenters. The van der Waals surface area contributed by atoms with E-state index in [1.165, 1.54) is 0 Å². The lowest BCUT2D eigenvalue weighted by atomic mass is 10.0. The van der Waals surface area contributed by atoms with Gasteiger partial charge in [-0.25, -0.2) is 4.39 Å². The van der Waals surface area contributed by atoms with Gasteiger partial charge in [0, 0.05) is 27.1 Å². The molecule has 3 rings (SSSR count). The maximum absolute atomic E-state index is 14.6. The van der Waals surface area contributed by atoms with Crippen LogP contribution in [-0.2, 0) is 11.3 Å². The topological polar surface area (TPSA) is 44.9 Å². The second-order valence-electron chi connectivity index (χ2n) is 6.74. The van der Waals surface area contributed by atoms with Crippen molar-refractivity contribution in [2.75, 3.05) is 0 Å². The zero-order chi connectivity index (χ0) is 16.1. The van der Waals surface area contributed by atoms with Gasteiger partial charge in [-0.2, -0.15) is 0 Å². The van der Waals surface area contributed by atoms with Crippen molar-refractivity contribution in [3.05, 3.63) is 34.2 Å². The van der Waals surface area contributed by atoms with Crippen LogP contribution in [0, 0.1) is 11.2 Å². The Bertz CT molecular complexity index is 747. The van der Waals surface area contributed by atoms with Crippen LogP contribution in [0.5, 0.6) is 0 Å². The monoisotopic (exact) mass is 322 g/mol. The Balaban J connectivity index is 1.86. The number of aromatic nitrogens is 1. The molecule has 2 aromatic rings. The molecule has 3 nitrogen and oxygen atoms in total. The van der Waals surface area contributed by atoms with Crippen molar-refractivity contribution in [3.63, 3.8) is 0 Å². The van der Waals surface area contributed by atoms with Crippen LogP contribution in [0.1, 0.15) is 50.8 Å². The number of carbonyl (C=O) groups is 1. The van der Waals surface area contributed by atoms with E-state index in [1.807, 2.05) is 26.8 Å². The summed E-state index contributed by atoms with van der Waals surface area (Å²) in [5, 5.41) is 4.08. The summed E-state index contributed by atoms with van der Waals surface area (Å²) < 4.78 is 14.6. The second kappa shape index (κ2) is 5.27. The van der Waals surface area contributed by atoms with Gasteiger partial charge in [0.05, 0.1) is 12.1 Å². The minimum Gasteiger partial charge on any atom is -0.355 e. The lowest BCUT2D eigenvalue weighted by molar-refractivity contribution is -0.125. The van der Waals surface area contributed by atoms with Crippen molar-refractivity contribution >= 4 is 28.4 Å². The van der Waals surface area contributed by atoms with Crippen molar-refractivity contribution in [3.8, 4) is 0 Å². The average Bonchev–Trinajstić information content (AvgIpc) is 3.05. The first kappa shape index (κ1) is 15.3. The molecule has 1 aliphatic rings. The summed E-state index contributed by atoms with van der Waals surface area (Å²) in [6.07, 6.45) is 1.88. The zero-order valence-electron chi connectivity index (χ0n) is 13.0. The average molecular weight is 323 g/mol. The Hall–Kier alpha value is -1.55. The van der Waals surface area contributed by atoms with Crippen LogP contribution in [0.2, 0.25) is 5.02 Å². The molecule has 5 heteroatoms. The molecule has 1 fully saturated rings. The van der Waals surface area contributed by atoms with Gasteiger partial charge in [0.2, 0.25) is 5.91 Å². The van der Waals surface area contributed by atoms with Crippen molar-refractivity contribution in [1.82, 2.24) is 10.3 Å². The van der Waals surface area contributed by atoms with Crippen LogP contribution < -0.4 is 5.32 Å². The van der Waals surface area contributed by atoms with Gasteiger partial charge in [-0.1, -0.05) is 32.4 Å². The van der Waals surface area contributed by atoms with E-state index >= 15 is 0 Å². The molecule has 0 saturated heterocycles. The van der Waals surface area contributed by atoms with Crippen molar-refractivity contribution in [1.29, 1.82) is 0 Å². The molecule has 0 bridgehead atoms. The maximum Gasteiger partial charge on any atom is 0.226 e. The van der Waals surface area contributed by atoms with E-state index < -0.39 is 0 Å². The van der Waals surface area contributed by atoms with Crippen LogP contribution in [0.15, 0.2) is 12.1 Å². The predicted molar refractivity (Wildman–Crippen MR) is 86.5 cm³/mol. The fourth-order valence-electron chi connectivity index (χ4n) is 2.71. The lowest BCUT2D eigenvalue weighted by Gasteiger charge is -2.10. The molecule has 0 radical (unpaired) electrons. The Morgan fingerprint density at radius 3 is 2.73 bits per heavy atom. The van der Waals surface area contributed by atoms with E-state index in [9.17, 15) is 9.18 Å². The predicted octanol–water partition coefficient (Wildman–Crippen LogP) is 4.50. The van der Waals surface area contributed by atoms with Crippen LogP contribution in [0.3, 0.4) is 0 Å². The third kappa shape index (κ3) is 2.60. The molecule has 1 heterocycles. The van der Waals surface area contributed by atoms with Gasteiger partial charge in [0.1, 0.15) is 0 Å². The van der Waals surface area contributed by atoms with E-state index in [4.69, 9.17) is 11.6 Å². The highest BCUT2D eigenvalue weighted by Crippen LogP contribution is 2.45. The molecular weight excluding hydrogens is 303 g/mol. The Morgan fingerprint density at radius 1 is 1.45 bits per heavy atom. The Labute approximate surface area is 134 Å². The lowest BCUT2D eigenvalue weighted by Crippen LogP contribution is -2.29. The smallest absolute Gasteiger partial charge is 0.226 e. The number of amides is 1. The van der Waals surface area contributed by atoms with Gasteiger partial charge in [0.25, 0.3) is 0 Å². The number of hydrogen-bond acceptors (Lipinski definition) is 1. The first-order valence-corrected chi connectivity index (χ1v) is 7.97. The summed E-state index contributed by atoms with van der Waals surface area (Å²) in [6, 6.07) is 3.61. The molecule has 1 saturated carbocycles. The van der Waals surface area contributed by atoms with Gasteiger partial charge in [-0.3, -0.25) is 4.79 Å². The highest BCUT2D eigenvalue weighted by Gasteiger charge is 2.44. The summed E-state index contributed by atoms with van der Waals surface area (Å²) in [5.41, 5.74) is 1.56. The number of H-pyrrole nitrogens is 1. The maximum atomic E-state index is 14.6. The largest absolute Gasteiger partial charge is 0.355 e. The zero-order valence-corrected chi connectivity index (χ0v) is 13.8. The molecule has 2 N–H and O–H groups in total. The Morgan fingerprint density at radius 2 is 2.14 bits per heavy atom. The quantitative estimate of drug-likeness (QED) is 0.855. The number of halogens is 2. The number of hydrogen-bond donors (Lipinski definition) is 2. The second-order valence-corrected chi connectivity index (χ2v) is 7.15. The first-order valence-electron chi connectivity index (χ1n) is 7.59. The molecule has 1 aromatic carbocycles. The van der Waals surface area contributed by atoms with Crippen molar-refractivity contribution in [2.45, 2.75) is 46.1 Å². The van der Waals surface area contributed by atoms with E-state index in [0.29, 0.717) is 22.6 Å². The van der Waals surface area contributed by atoms with Gasteiger partial charge < -0.3 is 10.3 Å². The normalized spacial score (nSPS) is 16.3. The fourth-order valence-corrected chi connectivity index (χ4v) is 3.12. The number of aromatic amines is 1. The number of nitrogens with one attached hydrogen (secondary N) is 2. The molecule has 1 aromatic heterocycles. The SMILES string of the molecule is CC(C)c1c(Cl)cc2cc(CNC(=O)C3(C)CC3)[nH]c2c1F. The molecule has 22 heavy (non-hydrogen) atoms. The molecule has 118 valence electrons. The Kier molecular flexibility index (Phi) is 3.68. The van der Waals surface area contributed by atoms with Crippen LogP contribution in [-0.4, -0.2) is 10.9 Å². The third-order valence-electron chi connectivity index (χ3n) is 4.46. The van der Waals surface area contributed by atoms with Gasteiger partial charge in [-0.05, 0) is 30.9 Å². The summed E-state index contributed by atoms with van der Waals surface area (Å²) >= 11 is 6.18. The summed E-state index contributed by atoms with van der Waals surface area (Å²) in [4.78, 5) is 15.0. The minimum atomic E-state index is -0.302. The number of rotatable bonds is 4. The van der Waals surface area contributed by atoms with E-state index in [1.54, 1.807) is 6.07 Å². The highest BCUT2D eigenvalue weighted by atomic mass is 35.5. The standard InChI is InChI=1S/C17H20ClFN2O/c1-9(2)13-12(18)7-10-6-11(21-15(10)14(13)19)8-20-16(22)17(3)4-5-17/h6-7,9,21H,4-5,8H2,1-3H3,(H,20,22). The molecular formula is C17H20ClFN2O. The van der Waals surface area contributed by atoms with E-state index in [2.05, 4.69) is 10.3 Å².